The second-order valence-electron chi connectivity index (χ2n) is 7.30. The molecule has 18 heavy (non-hydrogen) atoms. The summed E-state index contributed by atoms with van der Waals surface area (Å²) in [7, 11) is 0. The third kappa shape index (κ3) is 2.52. The molecule has 1 aliphatic heterocycles. The summed E-state index contributed by atoms with van der Waals surface area (Å²) in [6.45, 7) is 14.2. The molecule has 1 aromatic heterocycles. The third-order valence-corrected chi connectivity index (χ3v) is 3.41. The van der Waals surface area contributed by atoms with Gasteiger partial charge in [-0.2, -0.15) is 0 Å². The van der Waals surface area contributed by atoms with Gasteiger partial charge in [0.15, 0.2) is 0 Å². The Kier molecular flexibility index (Phi) is 3.16. The van der Waals surface area contributed by atoms with Gasteiger partial charge in [-0.25, -0.2) is 4.98 Å². The van der Waals surface area contributed by atoms with E-state index in [1.165, 1.54) is 16.8 Å². The number of hydrogen-bond acceptors (Lipinski definition) is 2. The van der Waals surface area contributed by atoms with E-state index in [4.69, 9.17) is 9.72 Å². The van der Waals surface area contributed by atoms with E-state index in [9.17, 15) is 0 Å². The Morgan fingerprint density at radius 2 is 1.72 bits per heavy atom. The van der Waals surface area contributed by atoms with Gasteiger partial charge in [-0.3, -0.25) is 0 Å². The van der Waals surface area contributed by atoms with E-state index < -0.39 is 0 Å². The minimum atomic E-state index is 0.0540. The summed E-state index contributed by atoms with van der Waals surface area (Å²) in [5, 5.41) is 0. The number of hydrogen-bond donors (Lipinski definition) is 0. The van der Waals surface area contributed by atoms with Crippen molar-refractivity contribution in [3.05, 3.63) is 22.9 Å². The summed E-state index contributed by atoms with van der Waals surface area (Å²) in [6.07, 6.45) is 2.20. The summed E-state index contributed by atoms with van der Waals surface area (Å²) in [6, 6.07) is 2.32. The van der Waals surface area contributed by atoms with Crippen molar-refractivity contribution in [1.82, 2.24) is 4.98 Å². The second-order valence-corrected chi connectivity index (χ2v) is 7.30. The zero-order chi connectivity index (χ0) is 13.6. The molecular formula is C16H25NO. The Morgan fingerprint density at radius 1 is 1.06 bits per heavy atom. The Morgan fingerprint density at radius 3 is 2.28 bits per heavy atom. The quantitative estimate of drug-likeness (QED) is 0.691. The van der Waals surface area contributed by atoms with Crippen LogP contribution < -0.4 is 4.74 Å². The molecule has 2 heterocycles. The van der Waals surface area contributed by atoms with Crippen molar-refractivity contribution in [3.8, 4) is 5.88 Å². The molecule has 0 atom stereocenters. The average molecular weight is 247 g/mol. The molecule has 0 aromatic carbocycles. The average Bonchev–Trinajstić information content (AvgIpc) is 2.25. The lowest BCUT2D eigenvalue weighted by Gasteiger charge is -2.31. The largest absolute Gasteiger partial charge is 0.477 e. The first-order valence-corrected chi connectivity index (χ1v) is 6.87. The van der Waals surface area contributed by atoms with Gasteiger partial charge in [-0.05, 0) is 29.9 Å². The van der Waals surface area contributed by atoms with Crippen LogP contribution in [-0.2, 0) is 17.3 Å². The van der Waals surface area contributed by atoms with E-state index in [2.05, 4.69) is 47.6 Å². The molecule has 1 aromatic rings. The predicted octanol–water partition coefficient (Wildman–Crippen LogP) is 4.00. The van der Waals surface area contributed by atoms with E-state index in [1.54, 1.807) is 0 Å². The van der Waals surface area contributed by atoms with Gasteiger partial charge >= 0.3 is 0 Å². The van der Waals surface area contributed by atoms with Crippen LogP contribution >= 0.6 is 0 Å². The monoisotopic (exact) mass is 247 g/mol. The Hall–Kier alpha value is -1.05. The molecule has 0 saturated heterocycles. The van der Waals surface area contributed by atoms with Gasteiger partial charge < -0.3 is 4.74 Å². The minimum Gasteiger partial charge on any atom is -0.477 e. The highest BCUT2D eigenvalue weighted by Crippen LogP contribution is 2.36. The lowest BCUT2D eigenvalue weighted by molar-refractivity contribution is 0.272. The van der Waals surface area contributed by atoms with Crippen molar-refractivity contribution in [3.63, 3.8) is 0 Å². The van der Waals surface area contributed by atoms with Crippen LogP contribution in [0.2, 0.25) is 0 Å². The smallest absolute Gasteiger partial charge is 0.216 e. The van der Waals surface area contributed by atoms with Gasteiger partial charge in [0.05, 0.1) is 12.3 Å². The highest BCUT2D eigenvalue weighted by Gasteiger charge is 2.29. The minimum absolute atomic E-state index is 0.0540. The first-order valence-electron chi connectivity index (χ1n) is 6.87. The summed E-state index contributed by atoms with van der Waals surface area (Å²) >= 11 is 0. The molecule has 2 rings (SSSR count). The molecule has 0 amide bonds. The molecule has 0 radical (unpaired) electrons. The van der Waals surface area contributed by atoms with E-state index in [0.29, 0.717) is 0 Å². The Bertz CT molecular complexity index is 406. The van der Waals surface area contributed by atoms with Crippen LogP contribution in [0.1, 0.15) is 64.8 Å². The summed E-state index contributed by atoms with van der Waals surface area (Å²) in [5.74, 6) is 0.860. The zero-order valence-electron chi connectivity index (χ0n) is 12.6. The van der Waals surface area contributed by atoms with Crippen LogP contribution in [0.3, 0.4) is 0 Å². The molecule has 2 heteroatoms. The fourth-order valence-corrected chi connectivity index (χ4v) is 2.42. The predicted molar refractivity (Wildman–Crippen MR) is 75.5 cm³/mol. The van der Waals surface area contributed by atoms with Crippen LogP contribution in [0.5, 0.6) is 5.88 Å². The fourth-order valence-electron chi connectivity index (χ4n) is 2.42. The molecule has 1 aliphatic rings. The molecular weight excluding hydrogens is 222 g/mol. The summed E-state index contributed by atoms with van der Waals surface area (Å²) in [5.41, 5.74) is 4.00. The SMILES string of the molecule is CC(C)(C)c1cc2c(nc1C(C)(C)C)OCCC2. The lowest BCUT2D eigenvalue weighted by atomic mass is 9.77. The van der Waals surface area contributed by atoms with Crippen molar-refractivity contribution in [2.24, 2.45) is 0 Å². The molecule has 100 valence electrons. The van der Waals surface area contributed by atoms with Gasteiger partial charge in [-0.15, -0.1) is 0 Å². The van der Waals surface area contributed by atoms with E-state index in [1.807, 2.05) is 0 Å². The molecule has 2 nitrogen and oxygen atoms in total. The highest BCUT2D eigenvalue weighted by atomic mass is 16.5. The van der Waals surface area contributed by atoms with Crippen LogP contribution in [0.15, 0.2) is 6.07 Å². The number of fused-ring (bicyclic) bond motifs is 1. The number of aromatic nitrogens is 1. The fraction of sp³-hybridized carbons (Fsp3) is 0.688. The molecule has 0 aliphatic carbocycles. The van der Waals surface area contributed by atoms with Gasteiger partial charge in [-0.1, -0.05) is 41.5 Å². The molecule has 0 bridgehead atoms. The molecule has 0 fully saturated rings. The third-order valence-electron chi connectivity index (χ3n) is 3.41. The van der Waals surface area contributed by atoms with E-state index in [0.717, 1.165) is 25.3 Å². The van der Waals surface area contributed by atoms with Crippen molar-refractivity contribution in [2.45, 2.75) is 65.2 Å². The molecule has 0 N–H and O–H groups in total. The Labute approximate surface area is 111 Å². The van der Waals surface area contributed by atoms with E-state index >= 15 is 0 Å². The van der Waals surface area contributed by atoms with Crippen LogP contribution in [-0.4, -0.2) is 11.6 Å². The van der Waals surface area contributed by atoms with Crippen molar-refractivity contribution >= 4 is 0 Å². The normalized spacial score (nSPS) is 16.1. The zero-order valence-corrected chi connectivity index (χ0v) is 12.6. The van der Waals surface area contributed by atoms with Crippen molar-refractivity contribution < 1.29 is 4.74 Å². The maximum Gasteiger partial charge on any atom is 0.216 e. The van der Waals surface area contributed by atoms with Crippen LogP contribution in [0, 0.1) is 0 Å². The number of nitrogens with zero attached hydrogens (tertiary/aromatic N) is 1. The van der Waals surface area contributed by atoms with E-state index in [-0.39, 0.29) is 10.8 Å². The van der Waals surface area contributed by atoms with Crippen LogP contribution in [0.4, 0.5) is 0 Å². The highest BCUT2D eigenvalue weighted by molar-refractivity contribution is 5.41. The summed E-state index contributed by atoms with van der Waals surface area (Å²) in [4.78, 5) is 4.83. The number of pyridine rings is 1. The lowest BCUT2D eigenvalue weighted by Crippen LogP contribution is -2.25. The maximum atomic E-state index is 5.72. The second kappa shape index (κ2) is 4.25. The summed E-state index contributed by atoms with van der Waals surface area (Å²) < 4.78 is 5.72. The van der Waals surface area contributed by atoms with Gasteiger partial charge in [0.25, 0.3) is 0 Å². The molecule has 0 unspecified atom stereocenters. The van der Waals surface area contributed by atoms with Gasteiger partial charge in [0, 0.05) is 11.0 Å². The number of ether oxygens (including phenoxy) is 1. The van der Waals surface area contributed by atoms with Crippen molar-refractivity contribution in [1.29, 1.82) is 0 Å². The molecule has 0 spiro atoms. The topological polar surface area (TPSA) is 22.1 Å². The van der Waals surface area contributed by atoms with Crippen LogP contribution in [0.25, 0.3) is 0 Å². The Balaban J connectivity index is 2.63. The standard InChI is InChI=1S/C16H25NO/c1-15(2,3)12-10-11-8-7-9-18-14(11)17-13(12)16(4,5)6/h10H,7-9H2,1-6H3. The van der Waals surface area contributed by atoms with Gasteiger partial charge in [0.2, 0.25) is 5.88 Å². The van der Waals surface area contributed by atoms with Gasteiger partial charge in [0.1, 0.15) is 0 Å². The molecule has 0 saturated carbocycles. The van der Waals surface area contributed by atoms with Crippen molar-refractivity contribution in [2.75, 3.05) is 6.61 Å². The first-order chi connectivity index (χ1) is 8.19. The number of rotatable bonds is 0. The number of aryl methyl sites for hydroxylation is 1. The maximum absolute atomic E-state index is 5.72. The first kappa shape index (κ1) is 13.4.